The van der Waals surface area contributed by atoms with Crippen LogP contribution in [-0.2, 0) is 30.8 Å². The Bertz CT molecular complexity index is 797. The van der Waals surface area contributed by atoms with Crippen LogP contribution in [-0.4, -0.2) is 23.5 Å². The van der Waals surface area contributed by atoms with Crippen LogP contribution >= 0.6 is 0 Å². The molecular weight excluding hydrogens is 336 g/mol. The molecule has 1 aliphatic heterocycles. The van der Waals surface area contributed by atoms with Gasteiger partial charge in [-0.15, -0.1) is 0 Å². The van der Waals surface area contributed by atoms with E-state index in [1.807, 2.05) is 0 Å². The highest BCUT2D eigenvalue weighted by Gasteiger charge is 2.20. The summed E-state index contributed by atoms with van der Waals surface area (Å²) in [5.74, 6) is 1.02. The summed E-state index contributed by atoms with van der Waals surface area (Å²) in [5, 5.41) is 2.84. The summed E-state index contributed by atoms with van der Waals surface area (Å²) in [5.41, 5.74) is 6.60. The first-order chi connectivity index (χ1) is 12.9. The molecule has 144 valence electrons. The third-order valence-corrected chi connectivity index (χ3v) is 5.05. The van der Waals surface area contributed by atoms with Crippen LogP contribution in [0.15, 0.2) is 36.4 Å². The van der Waals surface area contributed by atoms with Gasteiger partial charge in [0.15, 0.2) is 0 Å². The van der Waals surface area contributed by atoms with Crippen molar-refractivity contribution in [1.82, 2.24) is 10.2 Å². The Morgan fingerprint density at radius 2 is 1.85 bits per heavy atom. The molecule has 0 aromatic heterocycles. The Labute approximate surface area is 162 Å². The third-order valence-electron chi connectivity index (χ3n) is 5.05. The van der Waals surface area contributed by atoms with E-state index in [0.29, 0.717) is 6.54 Å². The van der Waals surface area contributed by atoms with E-state index in [0.717, 1.165) is 37.4 Å². The number of hydrogen-bond donors (Lipinski definition) is 1. The molecular formula is C23H30N2O2. The van der Waals surface area contributed by atoms with Gasteiger partial charge in [-0.2, -0.15) is 0 Å². The van der Waals surface area contributed by atoms with Crippen LogP contribution < -0.4 is 10.1 Å². The number of amides is 1. The van der Waals surface area contributed by atoms with Gasteiger partial charge in [-0.25, -0.2) is 0 Å². The molecule has 0 spiro atoms. The first-order valence-electron chi connectivity index (χ1n) is 9.75. The van der Waals surface area contributed by atoms with Gasteiger partial charge >= 0.3 is 0 Å². The minimum atomic E-state index is 0.00306. The normalized spacial score (nSPS) is 14.1. The van der Waals surface area contributed by atoms with Crippen LogP contribution in [0.1, 0.15) is 48.6 Å². The zero-order valence-electron chi connectivity index (χ0n) is 16.8. The van der Waals surface area contributed by atoms with Gasteiger partial charge in [0.25, 0.3) is 0 Å². The van der Waals surface area contributed by atoms with Gasteiger partial charge in [0.2, 0.25) is 5.91 Å². The Balaban J connectivity index is 1.63. The Morgan fingerprint density at radius 1 is 1.15 bits per heavy atom. The molecule has 1 amide bonds. The molecule has 4 nitrogen and oxygen atoms in total. The topological polar surface area (TPSA) is 41.6 Å². The molecule has 1 N–H and O–H groups in total. The summed E-state index contributed by atoms with van der Waals surface area (Å²) < 4.78 is 5.94. The van der Waals surface area contributed by atoms with Crippen molar-refractivity contribution >= 4 is 5.91 Å². The van der Waals surface area contributed by atoms with Crippen LogP contribution in [0.4, 0.5) is 0 Å². The average Bonchev–Trinajstić information content (AvgIpc) is 2.63. The average molecular weight is 367 g/mol. The second-order valence-corrected chi connectivity index (χ2v) is 7.68. The maximum Gasteiger partial charge on any atom is 0.217 e. The maximum absolute atomic E-state index is 11.0. The van der Waals surface area contributed by atoms with Gasteiger partial charge in [0.05, 0.1) is 6.10 Å². The zero-order chi connectivity index (χ0) is 19.4. The van der Waals surface area contributed by atoms with E-state index in [-0.39, 0.29) is 12.0 Å². The Hall–Kier alpha value is -2.33. The molecule has 1 aliphatic rings. The number of carbonyl (C=O) groups excluding carboxylic acids is 1. The molecule has 0 unspecified atom stereocenters. The molecule has 0 atom stereocenters. The van der Waals surface area contributed by atoms with Crippen molar-refractivity contribution in [2.75, 3.05) is 6.54 Å². The lowest BCUT2D eigenvalue weighted by Gasteiger charge is -2.30. The van der Waals surface area contributed by atoms with E-state index >= 15 is 0 Å². The highest BCUT2D eigenvalue weighted by Crippen LogP contribution is 2.30. The molecule has 4 heteroatoms. The number of carbonyl (C=O) groups is 1. The lowest BCUT2D eigenvalue weighted by atomic mass is 9.94. The van der Waals surface area contributed by atoms with Crippen molar-refractivity contribution < 1.29 is 9.53 Å². The van der Waals surface area contributed by atoms with Crippen molar-refractivity contribution in [2.24, 2.45) is 0 Å². The largest absolute Gasteiger partial charge is 0.491 e. The monoisotopic (exact) mass is 366 g/mol. The van der Waals surface area contributed by atoms with Gasteiger partial charge in [-0.3, -0.25) is 9.69 Å². The number of rotatable bonds is 6. The third kappa shape index (κ3) is 5.10. The van der Waals surface area contributed by atoms with Crippen LogP contribution in [0.5, 0.6) is 5.75 Å². The Morgan fingerprint density at radius 3 is 2.52 bits per heavy atom. The van der Waals surface area contributed by atoms with Crippen molar-refractivity contribution in [1.29, 1.82) is 0 Å². The minimum absolute atomic E-state index is 0.00306. The van der Waals surface area contributed by atoms with E-state index in [1.165, 1.54) is 22.3 Å². The van der Waals surface area contributed by atoms with Crippen molar-refractivity contribution in [3.05, 3.63) is 64.2 Å². The molecule has 0 saturated carbocycles. The standard InChI is InChI=1S/C23H30N2O2/c1-16(2)27-23-10-9-21-15-25(12-11-22(21)17(23)3)14-20-7-5-19(6-8-20)13-24-18(4)26/h5-10,16H,11-15H2,1-4H3,(H,24,26). The second kappa shape index (κ2) is 8.57. The van der Waals surface area contributed by atoms with E-state index in [2.05, 4.69) is 67.4 Å². The second-order valence-electron chi connectivity index (χ2n) is 7.68. The molecule has 0 fully saturated rings. The molecule has 1 heterocycles. The summed E-state index contributed by atoms with van der Waals surface area (Å²) in [4.78, 5) is 13.5. The fourth-order valence-corrected chi connectivity index (χ4v) is 3.64. The number of nitrogens with one attached hydrogen (secondary N) is 1. The van der Waals surface area contributed by atoms with Gasteiger partial charge in [0, 0.05) is 33.1 Å². The molecule has 0 radical (unpaired) electrons. The van der Waals surface area contributed by atoms with E-state index < -0.39 is 0 Å². The van der Waals surface area contributed by atoms with E-state index in [4.69, 9.17) is 4.74 Å². The maximum atomic E-state index is 11.0. The van der Waals surface area contributed by atoms with Crippen LogP contribution in [0, 0.1) is 6.92 Å². The SMILES string of the molecule is CC(=O)NCc1ccc(CN2CCc3c(ccc(OC(C)C)c3C)C2)cc1. The molecule has 2 aromatic carbocycles. The lowest BCUT2D eigenvalue weighted by molar-refractivity contribution is -0.119. The number of fused-ring (bicyclic) bond motifs is 1. The lowest BCUT2D eigenvalue weighted by Crippen LogP contribution is -2.30. The number of hydrogen-bond acceptors (Lipinski definition) is 3. The number of nitrogens with zero attached hydrogens (tertiary/aromatic N) is 1. The zero-order valence-corrected chi connectivity index (χ0v) is 16.8. The van der Waals surface area contributed by atoms with Gasteiger partial charge < -0.3 is 10.1 Å². The predicted octanol–water partition coefficient (Wildman–Crippen LogP) is 3.98. The van der Waals surface area contributed by atoms with Gasteiger partial charge in [-0.1, -0.05) is 30.3 Å². The van der Waals surface area contributed by atoms with Crippen molar-refractivity contribution in [2.45, 2.75) is 59.9 Å². The van der Waals surface area contributed by atoms with Crippen LogP contribution in [0.3, 0.4) is 0 Å². The quantitative estimate of drug-likeness (QED) is 0.841. The van der Waals surface area contributed by atoms with Crippen molar-refractivity contribution in [3.63, 3.8) is 0 Å². The summed E-state index contributed by atoms with van der Waals surface area (Å²) in [6.45, 7) is 11.4. The molecule has 0 aliphatic carbocycles. The highest BCUT2D eigenvalue weighted by molar-refractivity contribution is 5.72. The molecule has 0 saturated heterocycles. The molecule has 2 aromatic rings. The summed E-state index contributed by atoms with van der Waals surface area (Å²) in [7, 11) is 0. The number of benzene rings is 2. The summed E-state index contributed by atoms with van der Waals surface area (Å²) in [6, 6.07) is 12.9. The minimum Gasteiger partial charge on any atom is -0.491 e. The molecule has 0 bridgehead atoms. The summed E-state index contributed by atoms with van der Waals surface area (Å²) in [6.07, 6.45) is 1.27. The Kier molecular flexibility index (Phi) is 6.17. The first kappa shape index (κ1) is 19.4. The van der Waals surface area contributed by atoms with Gasteiger partial charge in [-0.05, 0) is 61.1 Å². The van der Waals surface area contributed by atoms with Crippen LogP contribution in [0.25, 0.3) is 0 Å². The fraction of sp³-hybridized carbons (Fsp3) is 0.435. The van der Waals surface area contributed by atoms with Gasteiger partial charge in [0.1, 0.15) is 5.75 Å². The smallest absolute Gasteiger partial charge is 0.217 e. The molecule has 27 heavy (non-hydrogen) atoms. The van der Waals surface area contributed by atoms with E-state index in [9.17, 15) is 4.79 Å². The fourth-order valence-electron chi connectivity index (χ4n) is 3.64. The highest BCUT2D eigenvalue weighted by atomic mass is 16.5. The van der Waals surface area contributed by atoms with E-state index in [1.54, 1.807) is 6.92 Å². The first-order valence-corrected chi connectivity index (χ1v) is 9.75. The number of ether oxygens (including phenoxy) is 1. The summed E-state index contributed by atoms with van der Waals surface area (Å²) >= 11 is 0. The molecule has 3 rings (SSSR count). The van der Waals surface area contributed by atoms with Crippen molar-refractivity contribution in [3.8, 4) is 5.75 Å². The van der Waals surface area contributed by atoms with Crippen LogP contribution in [0.2, 0.25) is 0 Å². The predicted molar refractivity (Wildman–Crippen MR) is 109 cm³/mol.